The molecule has 5 heteroatoms. The molecule has 2 N–H and O–H groups in total. The van der Waals surface area contributed by atoms with Crippen LogP contribution >= 0.6 is 12.6 Å². The maximum Gasteiger partial charge on any atom is 0.247 e. The van der Waals surface area contributed by atoms with Crippen LogP contribution in [-0.4, -0.2) is 10.2 Å². The Morgan fingerprint density at radius 3 is 2.50 bits per heavy atom. The summed E-state index contributed by atoms with van der Waals surface area (Å²) in [5.41, 5.74) is 6.23. The van der Waals surface area contributed by atoms with Crippen LogP contribution in [0.3, 0.4) is 0 Å². The van der Waals surface area contributed by atoms with Crippen LogP contribution in [0.15, 0.2) is 33.6 Å². The molecule has 0 bridgehead atoms. The first kappa shape index (κ1) is 9.23. The lowest BCUT2D eigenvalue weighted by molar-refractivity contribution is 0.508. The summed E-state index contributed by atoms with van der Waals surface area (Å²) in [6.07, 6.45) is 0. The zero-order valence-corrected chi connectivity index (χ0v) is 8.24. The molecule has 0 unspecified atom stereocenters. The molecule has 0 saturated heterocycles. The van der Waals surface area contributed by atoms with E-state index in [1.807, 2.05) is 24.3 Å². The van der Waals surface area contributed by atoms with Crippen LogP contribution in [-0.2, 0) is 6.54 Å². The molecular formula is C9H9N3OS. The van der Waals surface area contributed by atoms with E-state index in [9.17, 15) is 0 Å². The Labute approximate surface area is 86.6 Å². The zero-order valence-electron chi connectivity index (χ0n) is 7.34. The molecule has 0 aliphatic heterocycles. The van der Waals surface area contributed by atoms with E-state index >= 15 is 0 Å². The van der Waals surface area contributed by atoms with Gasteiger partial charge in [0.15, 0.2) is 0 Å². The Kier molecular flexibility index (Phi) is 2.51. The highest BCUT2D eigenvalue weighted by molar-refractivity contribution is 7.80. The fourth-order valence-electron chi connectivity index (χ4n) is 1.06. The lowest BCUT2D eigenvalue weighted by Crippen LogP contribution is -1.95. The van der Waals surface area contributed by atoms with Crippen LogP contribution in [0.5, 0.6) is 0 Å². The van der Waals surface area contributed by atoms with Gasteiger partial charge in [0.1, 0.15) is 0 Å². The van der Waals surface area contributed by atoms with E-state index in [4.69, 9.17) is 10.2 Å². The van der Waals surface area contributed by atoms with E-state index in [-0.39, 0.29) is 6.54 Å². The first-order valence-corrected chi connectivity index (χ1v) is 4.56. The molecule has 1 aromatic carbocycles. The molecule has 2 aromatic rings. The molecule has 1 heterocycles. The number of hydrogen-bond acceptors (Lipinski definition) is 5. The SMILES string of the molecule is NCc1nnc(-c2ccc(S)cc2)o1. The van der Waals surface area contributed by atoms with E-state index in [1.165, 1.54) is 0 Å². The molecule has 0 spiro atoms. The minimum atomic E-state index is 0.262. The Bertz CT molecular complexity index is 424. The van der Waals surface area contributed by atoms with Crippen molar-refractivity contribution in [2.75, 3.05) is 0 Å². The van der Waals surface area contributed by atoms with E-state index < -0.39 is 0 Å². The van der Waals surface area contributed by atoms with Gasteiger partial charge in [-0.3, -0.25) is 0 Å². The number of nitrogens with two attached hydrogens (primary N) is 1. The van der Waals surface area contributed by atoms with Gasteiger partial charge in [0.25, 0.3) is 0 Å². The number of nitrogens with zero attached hydrogens (tertiary/aromatic N) is 2. The third kappa shape index (κ3) is 1.78. The Morgan fingerprint density at radius 2 is 1.93 bits per heavy atom. The summed E-state index contributed by atoms with van der Waals surface area (Å²) in [5, 5.41) is 7.64. The van der Waals surface area contributed by atoms with Crippen LogP contribution < -0.4 is 5.73 Å². The topological polar surface area (TPSA) is 64.9 Å². The highest BCUT2D eigenvalue weighted by atomic mass is 32.1. The van der Waals surface area contributed by atoms with Gasteiger partial charge in [-0.05, 0) is 24.3 Å². The summed E-state index contributed by atoms with van der Waals surface area (Å²) in [7, 11) is 0. The van der Waals surface area contributed by atoms with Crippen molar-refractivity contribution in [2.24, 2.45) is 5.73 Å². The lowest BCUT2D eigenvalue weighted by Gasteiger charge is -1.94. The minimum Gasteiger partial charge on any atom is -0.419 e. The molecule has 0 amide bonds. The van der Waals surface area contributed by atoms with Crippen LogP contribution in [0.2, 0.25) is 0 Å². The fraction of sp³-hybridized carbons (Fsp3) is 0.111. The van der Waals surface area contributed by atoms with E-state index in [1.54, 1.807) is 0 Å². The molecule has 0 radical (unpaired) electrons. The van der Waals surface area contributed by atoms with Gasteiger partial charge in [-0.25, -0.2) is 0 Å². The molecule has 14 heavy (non-hydrogen) atoms. The summed E-state index contributed by atoms with van der Waals surface area (Å²) in [6, 6.07) is 7.47. The third-order valence-corrected chi connectivity index (χ3v) is 2.05. The Hall–Kier alpha value is -1.33. The van der Waals surface area contributed by atoms with Crippen molar-refractivity contribution < 1.29 is 4.42 Å². The van der Waals surface area contributed by atoms with Gasteiger partial charge in [-0.2, -0.15) is 0 Å². The van der Waals surface area contributed by atoms with Gasteiger partial charge in [0, 0.05) is 10.5 Å². The summed E-state index contributed by atoms with van der Waals surface area (Å²) in [5.74, 6) is 0.925. The van der Waals surface area contributed by atoms with Crippen molar-refractivity contribution >= 4 is 12.6 Å². The highest BCUT2D eigenvalue weighted by Gasteiger charge is 2.06. The Morgan fingerprint density at radius 1 is 1.21 bits per heavy atom. The van der Waals surface area contributed by atoms with Crippen LogP contribution in [0.1, 0.15) is 5.89 Å². The van der Waals surface area contributed by atoms with Gasteiger partial charge in [-0.1, -0.05) is 0 Å². The highest BCUT2D eigenvalue weighted by Crippen LogP contribution is 2.19. The number of aromatic nitrogens is 2. The van der Waals surface area contributed by atoms with Gasteiger partial charge >= 0.3 is 0 Å². The van der Waals surface area contributed by atoms with Gasteiger partial charge in [0.05, 0.1) is 6.54 Å². The maximum atomic E-state index is 5.36. The predicted octanol–water partition coefficient (Wildman–Crippen LogP) is 1.48. The molecule has 72 valence electrons. The second kappa shape index (κ2) is 3.81. The molecule has 0 aliphatic carbocycles. The lowest BCUT2D eigenvalue weighted by atomic mass is 10.2. The van der Waals surface area contributed by atoms with E-state index in [0.29, 0.717) is 11.8 Å². The van der Waals surface area contributed by atoms with Gasteiger partial charge < -0.3 is 10.2 Å². The monoisotopic (exact) mass is 207 g/mol. The van der Waals surface area contributed by atoms with Gasteiger partial charge in [-0.15, -0.1) is 22.8 Å². The normalized spacial score (nSPS) is 10.4. The van der Waals surface area contributed by atoms with Crippen molar-refractivity contribution in [3.8, 4) is 11.5 Å². The second-order valence-corrected chi connectivity index (χ2v) is 3.27. The molecule has 0 saturated carbocycles. The predicted molar refractivity (Wildman–Crippen MR) is 54.9 cm³/mol. The molecule has 1 aromatic heterocycles. The number of benzene rings is 1. The molecule has 0 atom stereocenters. The molecule has 0 fully saturated rings. The van der Waals surface area contributed by atoms with Crippen molar-refractivity contribution in [1.29, 1.82) is 0 Å². The van der Waals surface area contributed by atoms with Crippen molar-refractivity contribution in [3.05, 3.63) is 30.2 Å². The molecule has 0 aliphatic rings. The first-order valence-electron chi connectivity index (χ1n) is 4.11. The van der Waals surface area contributed by atoms with E-state index in [0.717, 1.165) is 10.5 Å². The molecule has 4 nitrogen and oxygen atoms in total. The van der Waals surface area contributed by atoms with Crippen molar-refractivity contribution in [2.45, 2.75) is 11.4 Å². The zero-order chi connectivity index (χ0) is 9.97. The largest absolute Gasteiger partial charge is 0.419 e. The summed E-state index contributed by atoms with van der Waals surface area (Å²) >= 11 is 4.18. The number of thiol groups is 1. The van der Waals surface area contributed by atoms with Crippen molar-refractivity contribution in [1.82, 2.24) is 10.2 Å². The van der Waals surface area contributed by atoms with Crippen LogP contribution in [0.25, 0.3) is 11.5 Å². The van der Waals surface area contributed by atoms with E-state index in [2.05, 4.69) is 22.8 Å². The number of rotatable bonds is 2. The summed E-state index contributed by atoms with van der Waals surface area (Å²) in [4.78, 5) is 0.896. The second-order valence-electron chi connectivity index (χ2n) is 2.75. The number of hydrogen-bond donors (Lipinski definition) is 2. The average molecular weight is 207 g/mol. The minimum absolute atomic E-state index is 0.262. The Balaban J connectivity index is 2.34. The van der Waals surface area contributed by atoms with Gasteiger partial charge in [0.2, 0.25) is 11.8 Å². The summed E-state index contributed by atoms with van der Waals surface area (Å²) in [6.45, 7) is 0.262. The van der Waals surface area contributed by atoms with Crippen molar-refractivity contribution in [3.63, 3.8) is 0 Å². The molecular weight excluding hydrogens is 198 g/mol. The smallest absolute Gasteiger partial charge is 0.247 e. The third-order valence-electron chi connectivity index (χ3n) is 1.76. The average Bonchev–Trinajstić information content (AvgIpc) is 2.67. The standard InChI is InChI=1S/C9H9N3OS/c10-5-8-11-12-9(13-8)6-1-3-7(14)4-2-6/h1-4,14H,5,10H2. The van der Waals surface area contributed by atoms with Crippen LogP contribution in [0, 0.1) is 0 Å². The fourth-order valence-corrected chi connectivity index (χ4v) is 1.21. The first-order chi connectivity index (χ1) is 6.79. The molecule has 2 rings (SSSR count). The van der Waals surface area contributed by atoms with Crippen LogP contribution in [0.4, 0.5) is 0 Å². The maximum absolute atomic E-state index is 5.36. The quantitative estimate of drug-likeness (QED) is 0.732. The summed E-state index contributed by atoms with van der Waals surface area (Å²) < 4.78 is 5.29.